The molecule has 31 heavy (non-hydrogen) atoms. The van der Waals surface area contributed by atoms with E-state index in [0.29, 0.717) is 23.2 Å². The predicted molar refractivity (Wildman–Crippen MR) is 129 cm³/mol. The highest BCUT2D eigenvalue weighted by molar-refractivity contribution is 7.14. The summed E-state index contributed by atoms with van der Waals surface area (Å²) in [7, 11) is 3.24. The summed E-state index contributed by atoms with van der Waals surface area (Å²) in [5, 5.41) is 16.9. The van der Waals surface area contributed by atoms with Gasteiger partial charge in [0.05, 0.1) is 32.0 Å². The number of nitrogens with one attached hydrogen (secondary N) is 3. The molecule has 1 aromatic heterocycles. The Morgan fingerprint density at radius 1 is 1.03 bits per heavy atom. The quantitative estimate of drug-likeness (QED) is 0.328. The standard InChI is InChI=1S/C23H29N5O2S/c1-5-28(6-2)17-12-10-16(11-13-17)19-15-31-23(26-19)27-22(24)25-14-18-20(29-3)8-7-9-21(18)30-4/h7-13,15H,5-6,14H2,1-4H3,(H3,24,25,26,27). The van der Waals surface area contributed by atoms with E-state index in [0.717, 1.165) is 29.9 Å². The van der Waals surface area contributed by atoms with Gasteiger partial charge in [0.25, 0.3) is 0 Å². The third kappa shape index (κ3) is 5.46. The molecule has 0 radical (unpaired) electrons. The van der Waals surface area contributed by atoms with Crippen LogP contribution in [0.2, 0.25) is 0 Å². The number of hydrogen-bond donors (Lipinski definition) is 3. The van der Waals surface area contributed by atoms with Gasteiger partial charge in [-0.15, -0.1) is 11.3 Å². The molecule has 3 rings (SSSR count). The van der Waals surface area contributed by atoms with Crippen LogP contribution in [0.25, 0.3) is 11.3 Å². The molecular weight excluding hydrogens is 410 g/mol. The fourth-order valence-electron chi connectivity index (χ4n) is 3.33. The number of ether oxygens (including phenoxy) is 2. The molecule has 0 fully saturated rings. The lowest BCUT2D eigenvalue weighted by Gasteiger charge is -2.20. The van der Waals surface area contributed by atoms with Gasteiger partial charge >= 0.3 is 0 Å². The number of methoxy groups -OCH3 is 2. The van der Waals surface area contributed by atoms with Gasteiger partial charge in [-0.25, -0.2) is 4.98 Å². The zero-order valence-electron chi connectivity index (χ0n) is 18.4. The Hall–Kier alpha value is -3.26. The predicted octanol–water partition coefficient (Wildman–Crippen LogP) is 4.81. The summed E-state index contributed by atoms with van der Waals surface area (Å²) in [6, 6.07) is 14.0. The minimum Gasteiger partial charge on any atom is -0.496 e. The van der Waals surface area contributed by atoms with Gasteiger partial charge < -0.3 is 25.0 Å². The molecule has 0 spiro atoms. The summed E-state index contributed by atoms with van der Waals surface area (Å²) >= 11 is 1.47. The van der Waals surface area contributed by atoms with Crippen molar-refractivity contribution in [2.24, 2.45) is 0 Å². The van der Waals surface area contributed by atoms with Crippen LogP contribution in [0.3, 0.4) is 0 Å². The molecule has 2 aromatic carbocycles. The van der Waals surface area contributed by atoms with Crippen LogP contribution in [-0.2, 0) is 6.54 Å². The van der Waals surface area contributed by atoms with Crippen LogP contribution in [0, 0.1) is 5.41 Å². The van der Waals surface area contributed by atoms with Gasteiger partial charge in [-0.1, -0.05) is 18.2 Å². The van der Waals surface area contributed by atoms with Crippen LogP contribution in [0.4, 0.5) is 10.8 Å². The Morgan fingerprint density at radius 3 is 2.26 bits per heavy atom. The van der Waals surface area contributed by atoms with Crippen molar-refractivity contribution >= 4 is 28.1 Å². The second-order valence-corrected chi connectivity index (χ2v) is 7.61. The molecule has 0 unspecified atom stereocenters. The van der Waals surface area contributed by atoms with Crippen molar-refractivity contribution in [1.29, 1.82) is 5.41 Å². The van der Waals surface area contributed by atoms with Crippen molar-refractivity contribution in [1.82, 2.24) is 10.3 Å². The molecule has 7 nitrogen and oxygen atoms in total. The fraction of sp³-hybridized carbons (Fsp3) is 0.304. The lowest BCUT2D eigenvalue weighted by atomic mass is 10.1. The van der Waals surface area contributed by atoms with E-state index in [4.69, 9.17) is 14.9 Å². The molecule has 0 aliphatic rings. The molecule has 8 heteroatoms. The SMILES string of the molecule is CCN(CC)c1ccc(-c2csc(NC(=N)NCc3c(OC)cccc3OC)n2)cc1. The van der Waals surface area contributed by atoms with Gasteiger partial charge in [-0.05, 0) is 38.1 Å². The molecule has 0 saturated carbocycles. The van der Waals surface area contributed by atoms with Gasteiger partial charge in [0.1, 0.15) is 11.5 Å². The van der Waals surface area contributed by atoms with Crippen molar-refractivity contribution in [3.63, 3.8) is 0 Å². The molecule has 0 amide bonds. The number of anilines is 2. The Morgan fingerprint density at radius 2 is 1.68 bits per heavy atom. The Bertz CT molecular complexity index is 977. The summed E-state index contributed by atoms with van der Waals surface area (Å²) in [6.45, 7) is 6.67. The summed E-state index contributed by atoms with van der Waals surface area (Å²) in [5.41, 5.74) is 4.00. The van der Waals surface area contributed by atoms with Gasteiger partial charge in [0, 0.05) is 29.7 Å². The molecule has 164 valence electrons. The first-order valence-electron chi connectivity index (χ1n) is 10.2. The maximum Gasteiger partial charge on any atom is 0.195 e. The first-order chi connectivity index (χ1) is 15.1. The number of benzene rings is 2. The monoisotopic (exact) mass is 439 g/mol. The number of rotatable bonds is 9. The third-order valence-electron chi connectivity index (χ3n) is 5.00. The molecule has 1 heterocycles. The van der Waals surface area contributed by atoms with Crippen molar-refractivity contribution in [3.05, 3.63) is 53.4 Å². The maximum atomic E-state index is 8.22. The molecule has 0 saturated heterocycles. The lowest BCUT2D eigenvalue weighted by molar-refractivity contribution is 0.384. The Labute approximate surface area is 187 Å². The van der Waals surface area contributed by atoms with Gasteiger partial charge in [-0.2, -0.15) is 0 Å². The molecule has 0 aliphatic carbocycles. The van der Waals surface area contributed by atoms with E-state index in [1.165, 1.54) is 17.0 Å². The van der Waals surface area contributed by atoms with Gasteiger partial charge in [0.2, 0.25) is 0 Å². The number of aromatic nitrogens is 1. The molecule has 3 aromatic rings. The van der Waals surface area contributed by atoms with Crippen molar-refractivity contribution in [3.8, 4) is 22.8 Å². The number of nitrogens with zero attached hydrogens (tertiary/aromatic N) is 2. The first-order valence-corrected chi connectivity index (χ1v) is 11.1. The van der Waals surface area contributed by atoms with Crippen LogP contribution in [0.15, 0.2) is 47.8 Å². The van der Waals surface area contributed by atoms with E-state index in [-0.39, 0.29) is 5.96 Å². The summed E-state index contributed by atoms with van der Waals surface area (Å²) in [4.78, 5) is 6.93. The zero-order chi connectivity index (χ0) is 22.2. The van der Waals surface area contributed by atoms with Gasteiger partial charge in [0.15, 0.2) is 11.1 Å². The second kappa shape index (κ2) is 10.7. The molecule has 0 aliphatic heterocycles. The van der Waals surface area contributed by atoms with E-state index in [2.05, 4.69) is 58.6 Å². The minimum absolute atomic E-state index is 0.158. The largest absolute Gasteiger partial charge is 0.496 e. The zero-order valence-corrected chi connectivity index (χ0v) is 19.2. The topological polar surface area (TPSA) is 82.5 Å². The van der Waals surface area contributed by atoms with Crippen LogP contribution < -0.4 is 25.0 Å². The maximum absolute atomic E-state index is 8.22. The molecule has 0 bridgehead atoms. The smallest absolute Gasteiger partial charge is 0.195 e. The number of thiazole rings is 1. The highest BCUT2D eigenvalue weighted by Gasteiger charge is 2.11. The Balaban J connectivity index is 1.62. The first kappa shape index (κ1) is 22.4. The highest BCUT2D eigenvalue weighted by atomic mass is 32.1. The van der Waals surface area contributed by atoms with Crippen LogP contribution >= 0.6 is 11.3 Å². The van der Waals surface area contributed by atoms with E-state index < -0.39 is 0 Å². The average molecular weight is 440 g/mol. The number of guanidine groups is 1. The molecule has 0 atom stereocenters. The van der Waals surface area contributed by atoms with E-state index in [9.17, 15) is 0 Å². The van der Waals surface area contributed by atoms with E-state index in [1.807, 2.05) is 23.6 Å². The van der Waals surface area contributed by atoms with E-state index >= 15 is 0 Å². The van der Waals surface area contributed by atoms with Crippen LogP contribution in [0.5, 0.6) is 11.5 Å². The normalized spacial score (nSPS) is 10.5. The molecule has 3 N–H and O–H groups in total. The van der Waals surface area contributed by atoms with Crippen LogP contribution in [0.1, 0.15) is 19.4 Å². The van der Waals surface area contributed by atoms with Crippen LogP contribution in [-0.4, -0.2) is 38.3 Å². The second-order valence-electron chi connectivity index (χ2n) is 6.75. The van der Waals surface area contributed by atoms with Gasteiger partial charge in [-0.3, -0.25) is 5.41 Å². The average Bonchev–Trinajstić information content (AvgIpc) is 3.27. The highest BCUT2D eigenvalue weighted by Crippen LogP contribution is 2.29. The summed E-state index contributed by atoms with van der Waals surface area (Å²) in [6.07, 6.45) is 0. The number of hydrogen-bond acceptors (Lipinski definition) is 6. The Kier molecular flexibility index (Phi) is 7.72. The van der Waals surface area contributed by atoms with Crippen molar-refractivity contribution in [2.75, 3.05) is 37.5 Å². The lowest BCUT2D eigenvalue weighted by Crippen LogP contribution is -2.29. The van der Waals surface area contributed by atoms with Crippen molar-refractivity contribution < 1.29 is 9.47 Å². The fourth-order valence-corrected chi connectivity index (χ4v) is 4.05. The third-order valence-corrected chi connectivity index (χ3v) is 5.76. The van der Waals surface area contributed by atoms with Crippen molar-refractivity contribution in [2.45, 2.75) is 20.4 Å². The summed E-state index contributed by atoms with van der Waals surface area (Å²) in [5.74, 6) is 1.58. The summed E-state index contributed by atoms with van der Waals surface area (Å²) < 4.78 is 10.8. The molecular formula is C23H29N5O2S. The van der Waals surface area contributed by atoms with E-state index in [1.54, 1.807) is 14.2 Å². The minimum atomic E-state index is 0.158.